The molecule has 7 atom stereocenters. The number of ether oxygens (including phenoxy) is 4. The number of para-hydroxylation sites is 1. The minimum Gasteiger partial charge on any atom is -0.491 e. The summed E-state index contributed by atoms with van der Waals surface area (Å²) >= 11 is 0. The Morgan fingerprint density at radius 1 is 1.06 bits per heavy atom. The lowest BCUT2D eigenvalue weighted by Crippen LogP contribution is -2.60. The number of hydrogen-bond acceptors (Lipinski definition) is 12. The van der Waals surface area contributed by atoms with E-state index in [1.807, 2.05) is 45.0 Å². The molecule has 5 fully saturated rings. The van der Waals surface area contributed by atoms with Crippen LogP contribution in [0.15, 0.2) is 49.1 Å². The first kappa shape index (κ1) is 44.9. The summed E-state index contributed by atoms with van der Waals surface area (Å²) in [6.45, 7) is 13.4. The number of rotatable bonds is 10. The molecule has 1 aromatic heterocycles. The van der Waals surface area contributed by atoms with Crippen molar-refractivity contribution in [1.82, 2.24) is 30.1 Å². The van der Waals surface area contributed by atoms with Gasteiger partial charge in [0.25, 0.3) is 5.91 Å². The van der Waals surface area contributed by atoms with Crippen molar-refractivity contribution in [2.24, 2.45) is 17.3 Å². The molecule has 6 aliphatic rings. The highest BCUT2D eigenvalue weighted by Crippen LogP contribution is 2.46. The number of pyridine rings is 1. The van der Waals surface area contributed by atoms with Gasteiger partial charge < -0.3 is 34.5 Å². The predicted octanol–water partition coefficient (Wildman–Crippen LogP) is 4.17. The maximum Gasteiger partial charge on any atom is 0.408 e. The van der Waals surface area contributed by atoms with E-state index >= 15 is 0 Å². The van der Waals surface area contributed by atoms with Crippen molar-refractivity contribution in [2.75, 3.05) is 46.0 Å². The zero-order chi connectivity index (χ0) is 44.5. The Balaban J connectivity index is 1.15. The van der Waals surface area contributed by atoms with E-state index in [0.29, 0.717) is 62.8 Å². The molecule has 342 valence electrons. The smallest absolute Gasteiger partial charge is 0.408 e. The average molecular weight is 891 g/mol. The van der Waals surface area contributed by atoms with Crippen LogP contribution >= 0.6 is 0 Å². The number of morpholine rings is 1. The maximum absolute atomic E-state index is 14.9. The van der Waals surface area contributed by atoms with Crippen LogP contribution < -0.4 is 24.8 Å². The van der Waals surface area contributed by atoms with Crippen LogP contribution in [0.1, 0.15) is 84.1 Å². The molecule has 1 aromatic carbocycles. The van der Waals surface area contributed by atoms with Gasteiger partial charge in [-0.3, -0.25) is 24.0 Å². The van der Waals surface area contributed by atoms with E-state index in [9.17, 15) is 27.6 Å². The van der Waals surface area contributed by atoms with E-state index < -0.39 is 74.1 Å². The van der Waals surface area contributed by atoms with Gasteiger partial charge in [-0.05, 0) is 81.3 Å². The largest absolute Gasteiger partial charge is 0.491 e. The number of sulfonamides is 1. The van der Waals surface area contributed by atoms with Crippen LogP contribution in [-0.2, 0) is 40.3 Å². The highest BCUT2D eigenvalue weighted by molar-refractivity contribution is 7.91. The molecule has 8 rings (SSSR count). The normalized spacial score (nSPS) is 30.0. The van der Waals surface area contributed by atoms with Crippen LogP contribution in [-0.4, -0.2) is 128 Å². The van der Waals surface area contributed by atoms with Crippen LogP contribution in [0, 0.1) is 17.3 Å². The molecule has 2 bridgehead atoms. The zero-order valence-electron chi connectivity index (χ0n) is 36.6. The fraction of sp³-hybridized carbons (Fsp3) is 0.630. The molecular weight excluding hydrogens is 829 g/mol. The monoisotopic (exact) mass is 890 g/mol. The van der Waals surface area contributed by atoms with Crippen molar-refractivity contribution >= 4 is 44.7 Å². The number of allylic oxidation sites excluding steroid dienone is 2. The van der Waals surface area contributed by atoms with Gasteiger partial charge in [0, 0.05) is 37.4 Å². The third-order valence-electron chi connectivity index (χ3n) is 13.5. The average Bonchev–Trinajstić information content (AvgIpc) is 4.15. The number of hydrogen-bond donors (Lipinski definition) is 3. The van der Waals surface area contributed by atoms with Gasteiger partial charge in [-0.2, -0.15) is 0 Å². The van der Waals surface area contributed by atoms with E-state index in [4.69, 9.17) is 23.9 Å². The molecular formula is C46H62N6O10S. The van der Waals surface area contributed by atoms with Gasteiger partial charge in [0.05, 0.1) is 36.1 Å². The minimum atomic E-state index is -3.92. The molecule has 2 saturated heterocycles. The molecule has 0 radical (unpaired) electrons. The van der Waals surface area contributed by atoms with Crippen LogP contribution in [0.25, 0.3) is 10.9 Å². The number of carbonyl (C=O) groups is 4. The molecule has 17 heteroatoms. The van der Waals surface area contributed by atoms with Gasteiger partial charge in [0.2, 0.25) is 27.7 Å². The number of nitrogens with zero attached hydrogens (tertiary/aromatic N) is 3. The maximum atomic E-state index is 14.9. The van der Waals surface area contributed by atoms with Crippen molar-refractivity contribution < 1.29 is 46.5 Å². The zero-order valence-corrected chi connectivity index (χ0v) is 37.5. The van der Waals surface area contributed by atoms with Crippen LogP contribution in [0.5, 0.6) is 11.6 Å². The van der Waals surface area contributed by atoms with Gasteiger partial charge in [0.1, 0.15) is 42.2 Å². The molecule has 4 amide bonds. The van der Waals surface area contributed by atoms with Crippen molar-refractivity contribution in [3.8, 4) is 11.6 Å². The van der Waals surface area contributed by atoms with Crippen LogP contribution in [0.3, 0.4) is 0 Å². The first-order valence-corrected chi connectivity index (χ1v) is 24.2. The van der Waals surface area contributed by atoms with Gasteiger partial charge >= 0.3 is 6.09 Å². The highest BCUT2D eigenvalue weighted by atomic mass is 32.2. The Bertz CT molecular complexity index is 2220. The first-order valence-electron chi connectivity index (χ1n) is 22.6. The lowest BCUT2D eigenvalue weighted by atomic mass is 9.85. The van der Waals surface area contributed by atoms with Crippen molar-refractivity contribution in [3.63, 3.8) is 0 Å². The summed E-state index contributed by atoms with van der Waals surface area (Å²) in [5.74, 6) is -1.43. The van der Waals surface area contributed by atoms with Crippen molar-refractivity contribution in [1.29, 1.82) is 0 Å². The van der Waals surface area contributed by atoms with E-state index in [0.717, 1.165) is 56.1 Å². The number of alkyl carbamates (subject to hydrolysis) is 1. The second kappa shape index (κ2) is 18.4. The number of benzene rings is 1. The molecule has 3 saturated carbocycles. The fourth-order valence-corrected chi connectivity index (χ4v) is 10.9. The Hall–Kier alpha value is -4.74. The second-order valence-electron chi connectivity index (χ2n) is 19.0. The van der Waals surface area contributed by atoms with Gasteiger partial charge in [-0.15, -0.1) is 6.58 Å². The van der Waals surface area contributed by atoms with Crippen LogP contribution in [0.2, 0.25) is 0 Å². The molecule has 3 aliphatic heterocycles. The number of carbonyl (C=O) groups excluding carboxylic acids is 4. The first-order chi connectivity index (χ1) is 30.2. The van der Waals surface area contributed by atoms with E-state index in [2.05, 4.69) is 39.0 Å². The van der Waals surface area contributed by atoms with Crippen molar-refractivity contribution in [3.05, 3.63) is 54.6 Å². The highest BCUT2D eigenvalue weighted by Gasteiger charge is 2.62. The third-order valence-corrected chi connectivity index (χ3v) is 15.3. The van der Waals surface area contributed by atoms with Crippen LogP contribution in [0.4, 0.5) is 4.79 Å². The number of amides is 4. The van der Waals surface area contributed by atoms with Gasteiger partial charge in [0.15, 0.2) is 0 Å². The topological polar surface area (TPSA) is 195 Å². The quantitative estimate of drug-likeness (QED) is 0.289. The Morgan fingerprint density at radius 2 is 1.84 bits per heavy atom. The Kier molecular flexibility index (Phi) is 13.1. The van der Waals surface area contributed by atoms with E-state index in [1.165, 1.54) is 11.0 Å². The summed E-state index contributed by atoms with van der Waals surface area (Å²) in [5.41, 5.74) is -0.998. The van der Waals surface area contributed by atoms with Gasteiger partial charge in [-0.25, -0.2) is 18.2 Å². The molecule has 3 N–H and O–H groups in total. The summed E-state index contributed by atoms with van der Waals surface area (Å²) in [4.78, 5) is 65.7. The number of nitrogens with one attached hydrogen (secondary N) is 3. The summed E-state index contributed by atoms with van der Waals surface area (Å²) in [6.07, 6.45) is 9.64. The van der Waals surface area contributed by atoms with E-state index in [1.54, 1.807) is 0 Å². The Labute approximate surface area is 369 Å². The van der Waals surface area contributed by atoms with E-state index in [-0.39, 0.29) is 31.4 Å². The predicted molar refractivity (Wildman–Crippen MR) is 234 cm³/mol. The summed E-state index contributed by atoms with van der Waals surface area (Å²) < 4.78 is 53.0. The lowest BCUT2D eigenvalue weighted by molar-refractivity contribution is -0.143. The minimum absolute atomic E-state index is 0.0104. The molecule has 63 heavy (non-hydrogen) atoms. The summed E-state index contributed by atoms with van der Waals surface area (Å²) in [7, 11) is -3.92. The Morgan fingerprint density at radius 3 is 2.57 bits per heavy atom. The lowest BCUT2D eigenvalue weighted by Gasteiger charge is -2.35. The fourth-order valence-electron chi connectivity index (χ4n) is 9.52. The molecule has 2 aromatic rings. The molecule has 3 aliphatic carbocycles. The van der Waals surface area contributed by atoms with Gasteiger partial charge in [-0.1, -0.05) is 51.1 Å². The molecule has 1 unspecified atom stereocenters. The number of aromatic nitrogens is 1. The SMILES string of the molecule is C=CC1C[C@]1(NC(=O)[C@@H]1C[C@@H]2CN1C(=O)[C@H](C(C)(C)C)NC(=O)O[C@@H]1CCC[C@H]1CC/C=C/Cc1c(nc3ccccc3c1OCCN1CCOCC1)O2)C(=O)NS(=O)(=O)C1CC1. The number of fused-ring (bicyclic) bond motifs is 5. The molecule has 0 spiro atoms. The van der Waals surface area contributed by atoms with Crippen molar-refractivity contribution in [2.45, 2.75) is 120 Å². The molecule has 4 heterocycles. The summed E-state index contributed by atoms with van der Waals surface area (Å²) in [6, 6.07) is 5.44. The summed E-state index contributed by atoms with van der Waals surface area (Å²) in [5, 5.41) is 5.91. The third kappa shape index (κ3) is 10.00. The second-order valence-corrected chi connectivity index (χ2v) is 21.0. The standard InChI is InChI=1S/C46H62N6O10S/c1-5-30-27-46(30,43(55)50-63(57,58)32-18-19-32)49-40(53)36-26-31-28-52(36)42(54)39(45(2,3)4)48-44(56)62-37-17-11-13-29(37)12-7-6-8-15-34-38(60-25-22-51-20-23-59-24-21-51)33-14-9-10-16-35(33)47-41(34)61-31/h5-6,8-10,14,16,29-32,36-37,39H,1,7,11-13,15,17-28H2,2-4H3,(H,48,56)(H,49,53)(H,50,55)/b8-6+/t29-,30?,31-,36+,37-,39-,46-/m1/s1. The molecule has 16 nitrogen and oxygen atoms in total.